The van der Waals surface area contributed by atoms with Crippen LogP contribution in [0.5, 0.6) is 0 Å². The Morgan fingerprint density at radius 1 is 0.828 bits per heavy atom. The third kappa shape index (κ3) is 2.89. The average molecular weight is 376 g/mol. The molecular weight excluding hydrogens is 350 g/mol. The van der Waals surface area contributed by atoms with Crippen LogP contribution >= 0.6 is 0 Å². The fourth-order valence-electron chi connectivity index (χ4n) is 5.00. The van der Waals surface area contributed by atoms with Gasteiger partial charge in [0, 0.05) is 11.8 Å². The summed E-state index contributed by atoms with van der Waals surface area (Å²) < 4.78 is 0. The summed E-state index contributed by atoms with van der Waals surface area (Å²) in [7, 11) is 0. The van der Waals surface area contributed by atoms with Crippen LogP contribution < -0.4 is 0 Å². The number of hydrogen-bond acceptors (Lipinski definition) is 1. The van der Waals surface area contributed by atoms with Crippen LogP contribution in [0.2, 0.25) is 0 Å². The highest BCUT2D eigenvalue weighted by Gasteiger charge is 2.28. The molecule has 1 aliphatic rings. The largest absolute Gasteiger partial charge is 0.308 e. The molecule has 0 saturated heterocycles. The van der Waals surface area contributed by atoms with E-state index in [-0.39, 0.29) is 5.41 Å². The maximum absolute atomic E-state index is 8.11. The summed E-state index contributed by atoms with van der Waals surface area (Å²) >= 11 is 0. The van der Waals surface area contributed by atoms with Gasteiger partial charge < -0.3 is 5.41 Å². The van der Waals surface area contributed by atoms with Crippen LogP contribution in [0.3, 0.4) is 0 Å². The van der Waals surface area contributed by atoms with E-state index in [0.717, 1.165) is 18.4 Å². The van der Waals surface area contributed by atoms with Crippen molar-refractivity contribution in [3.05, 3.63) is 107 Å². The molecule has 142 valence electrons. The van der Waals surface area contributed by atoms with Crippen LogP contribution in [0.25, 0.3) is 21.9 Å². The first kappa shape index (κ1) is 17.9. The van der Waals surface area contributed by atoms with Gasteiger partial charge in [-0.2, -0.15) is 0 Å². The summed E-state index contributed by atoms with van der Waals surface area (Å²) in [6.07, 6.45) is 3.51. The van der Waals surface area contributed by atoms with E-state index >= 15 is 0 Å². The van der Waals surface area contributed by atoms with Crippen LogP contribution in [-0.2, 0) is 18.3 Å². The fraction of sp³-hybridized carbons (Fsp3) is 0.179. The number of fused-ring (bicyclic) bond motifs is 4. The van der Waals surface area contributed by atoms with Gasteiger partial charge in [0.2, 0.25) is 0 Å². The summed E-state index contributed by atoms with van der Waals surface area (Å²) in [6.45, 7) is 4.62. The first-order valence-electron chi connectivity index (χ1n) is 10.3. The lowest BCUT2D eigenvalue weighted by Gasteiger charge is -2.29. The molecule has 5 rings (SSSR count). The zero-order valence-corrected chi connectivity index (χ0v) is 17.0. The van der Waals surface area contributed by atoms with Gasteiger partial charge in [0.25, 0.3) is 0 Å². The maximum Gasteiger partial charge on any atom is 0.0259 e. The molecule has 1 heteroatoms. The highest BCUT2D eigenvalue weighted by atomic mass is 14.4. The minimum Gasteiger partial charge on any atom is -0.308 e. The molecule has 0 heterocycles. The Bertz CT molecular complexity index is 1250. The smallest absolute Gasteiger partial charge is 0.0259 e. The molecule has 0 amide bonds. The highest BCUT2D eigenvalue weighted by Crippen LogP contribution is 2.41. The number of hydrogen-bond donors (Lipinski definition) is 1. The predicted molar refractivity (Wildman–Crippen MR) is 123 cm³/mol. The lowest BCUT2D eigenvalue weighted by atomic mass is 9.75. The van der Waals surface area contributed by atoms with Crippen molar-refractivity contribution in [3.63, 3.8) is 0 Å². The summed E-state index contributed by atoms with van der Waals surface area (Å²) in [4.78, 5) is 0. The maximum atomic E-state index is 8.11. The normalized spacial score (nSPS) is 12.6. The van der Waals surface area contributed by atoms with Gasteiger partial charge in [-0.05, 0) is 62.4 Å². The lowest BCUT2D eigenvalue weighted by molar-refractivity contribution is 0.521. The summed E-state index contributed by atoms with van der Waals surface area (Å²) in [5.41, 5.74) is 9.32. The van der Waals surface area contributed by atoms with E-state index in [9.17, 15) is 0 Å². The second-order valence-corrected chi connectivity index (χ2v) is 8.73. The summed E-state index contributed by atoms with van der Waals surface area (Å²) in [6, 6.07) is 28.3. The van der Waals surface area contributed by atoms with E-state index in [1.54, 1.807) is 0 Å². The van der Waals surface area contributed by atoms with Crippen molar-refractivity contribution in [2.45, 2.75) is 32.1 Å². The predicted octanol–water partition coefficient (Wildman–Crippen LogP) is 6.93. The lowest BCUT2D eigenvalue weighted by Crippen LogP contribution is -2.23. The van der Waals surface area contributed by atoms with Gasteiger partial charge >= 0.3 is 0 Å². The average Bonchev–Trinajstić information content (AvgIpc) is 3.12. The van der Waals surface area contributed by atoms with E-state index in [1.165, 1.54) is 50.4 Å². The standard InChI is InChI=1S/C28H25N/c1-28(2,27-15-14-19-8-3-5-11-22(19)26(27)18-29)17-21-10-7-13-24-23-12-6-4-9-20(23)16-25(21)24/h3-15,18,29H,16-17H2,1-2H3. The van der Waals surface area contributed by atoms with Crippen LogP contribution in [0.15, 0.2) is 78.9 Å². The Labute approximate surface area is 172 Å². The van der Waals surface area contributed by atoms with E-state index < -0.39 is 0 Å². The molecule has 0 aliphatic heterocycles. The van der Waals surface area contributed by atoms with Crippen molar-refractivity contribution < 1.29 is 0 Å². The Balaban J connectivity index is 1.59. The summed E-state index contributed by atoms with van der Waals surface area (Å²) in [5, 5.41) is 10.5. The van der Waals surface area contributed by atoms with Crippen molar-refractivity contribution in [2.75, 3.05) is 0 Å². The van der Waals surface area contributed by atoms with Gasteiger partial charge in [-0.15, -0.1) is 0 Å². The van der Waals surface area contributed by atoms with E-state index in [0.29, 0.717) is 0 Å². The number of benzene rings is 4. The molecule has 1 N–H and O–H groups in total. The molecule has 1 nitrogen and oxygen atoms in total. The van der Waals surface area contributed by atoms with Crippen molar-refractivity contribution in [3.8, 4) is 11.1 Å². The quantitative estimate of drug-likeness (QED) is 0.329. The second kappa shape index (κ2) is 6.70. The molecule has 0 saturated carbocycles. The van der Waals surface area contributed by atoms with Crippen molar-refractivity contribution in [1.82, 2.24) is 0 Å². The van der Waals surface area contributed by atoms with Crippen molar-refractivity contribution in [2.24, 2.45) is 0 Å². The summed E-state index contributed by atoms with van der Waals surface area (Å²) in [5.74, 6) is 0. The van der Waals surface area contributed by atoms with Gasteiger partial charge in [0.05, 0.1) is 0 Å². The van der Waals surface area contributed by atoms with Gasteiger partial charge in [0.1, 0.15) is 0 Å². The molecular formula is C28H25N. The first-order valence-corrected chi connectivity index (χ1v) is 10.3. The minimum atomic E-state index is -0.0686. The topological polar surface area (TPSA) is 23.9 Å². The van der Waals surface area contributed by atoms with Crippen LogP contribution in [-0.4, -0.2) is 6.21 Å². The van der Waals surface area contributed by atoms with E-state index in [1.807, 2.05) is 0 Å². The Kier molecular flexibility index (Phi) is 4.13. The molecule has 4 aromatic carbocycles. The Morgan fingerprint density at radius 3 is 2.45 bits per heavy atom. The molecule has 0 atom stereocenters. The fourth-order valence-corrected chi connectivity index (χ4v) is 5.00. The van der Waals surface area contributed by atoms with Gasteiger partial charge in [-0.3, -0.25) is 0 Å². The van der Waals surface area contributed by atoms with Gasteiger partial charge in [-0.1, -0.05) is 92.7 Å². The third-order valence-electron chi connectivity index (χ3n) is 6.42. The zero-order valence-electron chi connectivity index (χ0n) is 17.0. The Hall–Kier alpha value is -3.19. The number of nitrogens with one attached hydrogen (secondary N) is 1. The molecule has 0 spiro atoms. The van der Waals surface area contributed by atoms with Gasteiger partial charge in [0.15, 0.2) is 0 Å². The molecule has 0 fully saturated rings. The molecule has 0 bridgehead atoms. The van der Waals surface area contributed by atoms with E-state index in [2.05, 4.69) is 92.7 Å². The molecule has 29 heavy (non-hydrogen) atoms. The van der Waals surface area contributed by atoms with Crippen LogP contribution in [0, 0.1) is 5.41 Å². The second-order valence-electron chi connectivity index (χ2n) is 8.73. The molecule has 4 aromatic rings. The zero-order chi connectivity index (χ0) is 20.0. The minimum absolute atomic E-state index is 0.0686. The molecule has 0 radical (unpaired) electrons. The van der Waals surface area contributed by atoms with Crippen LogP contribution in [0.1, 0.15) is 41.7 Å². The van der Waals surface area contributed by atoms with E-state index in [4.69, 9.17) is 5.41 Å². The van der Waals surface area contributed by atoms with Crippen molar-refractivity contribution in [1.29, 1.82) is 5.41 Å². The number of rotatable bonds is 4. The SMILES string of the molecule is CC(C)(Cc1cccc2c1Cc1ccccc1-2)c1ccc2ccccc2c1C=N. The molecule has 0 aromatic heterocycles. The third-order valence-corrected chi connectivity index (χ3v) is 6.42. The van der Waals surface area contributed by atoms with Crippen molar-refractivity contribution >= 4 is 17.0 Å². The molecule has 1 aliphatic carbocycles. The van der Waals surface area contributed by atoms with Crippen LogP contribution in [0.4, 0.5) is 0 Å². The highest BCUT2D eigenvalue weighted by molar-refractivity contribution is 6.00. The molecule has 0 unspecified atom stereocenters. The van der Waals surface area contributed by atoms with Gasteiger partial charge in [-0.25, -0.2) is 0 Å². The first-order chi connectivity index (χ1) is 14.1. The monoisotopic (exact) mass is 375 g/mol. The Morgan fingerprint density at radius 2 is 1.59 bits per heavy atom.